The molecule has 0 aliphatic heterocycles. The van der Waals surface area contributed by atoms with Gasteiger partial charge in [-0.3, -0.25) is 4.79 Å². The van der Waals surface area contributed by atoms with Crippen LogP contribution in [0.5, 0.6) is 0 Å². The SMILES string of the molecule is Cc1nn(Cc2ccc(Cl)cc2Cl)c(Cl)c1/C=C(\C#N)C(N)=O. The molecule has 1 amide bonds. The molecule has 2 N–H and O–H groups in total. The molecular weight excluding hydrogens is 359 g/mol. The Hall–Kier alpha value is -2.00. The minimum Gasteiger partial charge on any atom is -0.365 e. The maximum atomic E-state index is 11.2. The molecular formula is C15H11Cl3N4O. The van der Waals surface area contributed by atoms with E-state index in [0.29, 0.717) is 27.8 Å². The second kappa shape index (κ2) is 7.05. The number of aryl methyl sites for hydroxylation is 1. The summed E-state index contributed by atoms with van der Waals surface area (Å²) in [6.07, 6.45) is 1.33. The second-order valence-electron chi connectivity index (χ2n) is 4.72. The lowest BCUT2D eigenvalue weighted by Crippen LogP contribution is -2.12. The molecule has 2 rings (SSSR count). The summed E-state index contributed by atoms with van der Waals surface area (Å²) in [5.74, 6) is -0.823. The number of hydrogen-bond donors (Lipinski definition) is 1. The first-order valence-corrected chi connectivity index (χ1v) is 7.55. The number of aromatic nitrogens is 2. The highest BCUT2D eigenvalue weighted by Gasteiger charge is 2.15. The molecule has 23 heavy (non-hydrogen) atoms. The van der Waals surface area contributed by atoms with Crippen LogP contribution < -0.4 is 5.73 Å². The third kappa shape index (κ3) is 3.85. The molecule has 2 aromatic rings. The Labute approximate surface area is 147 Å². The van der Waals surface area contributed by atoms with Crippen LogP contribution in [0.3, 0.4) is 0 Å². The van der Waals surface area contributed by atoms with Crippen LogP contribution in [0.25, 0.3) is 6.08 Å². The molecule has 0 radical (unpaired) electrons. The van der Waals surface area contributed by atoms with Gasteiger partial charge in [0.1, 0.15) is 16.8 Å². The van der Waals surface area contributed by atoms with Crippen LogP contribution in [0, 0.1) is 18.3 Å². The summed E-state index contributed by atoms with van der Waals surface area (Å²) in [6, 6.07) is 6.86. The van der Waals surface area contributed by atoms with Gasteiger partial charge in [-0.1, -0.05) is 40.9 Å². The maximum absolute atomic E-state index is 11.2. The molecule has 0 aliphatic carbocycles. The van der Waals surface area contributed by atoms with E-state index < -0.39 is 5.91 Å². The first kappa shape index (κ1) is 17.4. The number of benzene rings is 1. The Bertz CT molecular complexity index is 849. The van der Waals surface area contributed by atoms with Gasteiger partial charge in [0, 0.05) is 15.6 Å². The average molecular weight is 370 g/mol. The Morgan fingerprint density at radius 2 is 2.13 bits per heavy atom. The maximum Gasteiger partial charge on any atom is 0.259 e. The van der Waals surface area contributed by atoms with Crippen molar-refractivity contribution >= 4 is 46.8 Å². The van der Waals surface area contributed by atoms with Crippen molar-refractivity contribution in [2.24, 2.45) is 5.73 Å². The van der Waals surface area contributed by atoms with Gasteiger partial charge < -0.3 is 5.73 Å². The fraction of sp³-hybridized carbons (Fsp3) is 0.133. The van der Waals surface area contributed by atoms with Crippen molar-refractivity contribution in [1.29, 1.82) is 5.26 Å². The van der Waals surface area contributed by atoms with E-state index in [-0.39, 0.29) is 10.7 Å². The highest BCUT2D eigenvalue weighted by molar-refractivity contribution is 6.35. The van der Waals surface area contributed by atoms with E-state index in [1.807, 2.05) is 0 Å². The molecule has 0 bridgehead atoms. The van der Waals surface area contributed by atoms with Crippen molar-refractivity contribution in [2.45, 2.75) is 13.5 Å². The van der Waals surface area contributed by atoms with Crippen LogP contribution in [0.2, 0.25) is 15.2 Å². The Kier molecular flexibility index (Phi) is 5.32. The predicted octanol–water partition coefficient (Wildman–Crippen LogP) is 3.59. The Balaban J connectivity index is 2.42. The van der Waals surface area contributed by atoms with Crippen molar-refractivity contribution < 1.29 is 4.79 Å². The highest BCUT2D eigenvalue weighted by atomic mass is 35.5. The standard InChI is InChI=1S/C15H11Cl3N4O/c1-8-12(4-10(6-19)15(20)23)14(18)22(21-8)7-9-2-3-11(16)5-13(9)17/h2-5H,7H2,1H3,(H2,20,23)/b10-4+. The van der Waals surface area contributed by atoms with E-state index in [0.717, 1.165) is 5.56 Å². The number of rotatable bonds is 4. The molecule has 0 fully saturated rings. The van der Waals surface area contributed by atoms with Crippen molar-refractivity contribution in [3.63, 3.8) is 0 Å². The third-order valence-electron chi connectivity index (χ3n) is 3.12. The van der Waals surface area contributed by atoms with Gasteiger partial charge >= 0.3 is 0 Å². The van der Waals surface area contributed by atoms with Gasteiger partial charge in [-0.05, 0) is 30.7 Å². The Morgan fingerprint density at radius 3 is 2.70 bits per heavy atom. The summed E-state index contributed by atoms with van der Waals surface area (Å²) in [4.78, 5) is 11.2. The largest absolute Gasteiger partial charge is 0.365 e. The van der Waals surface area contributed by atoms with E-state index in [4.69, 9.17) is 45.8 Å². The minimum absolute atomic E-state index is 0.195. The summed E-state index contributed by atoms with van der Waals surface area (Å²) >= 11 is 18.3. The zero-order valence-corrected chi connectivity index (χ0v) is 14.2. The number of nitrogens with two attached hydrogens (primary N) is 1. The van der Waals surface area contributed by atoms with Crippen LogP contribution in [0.15, 0.2) is 23.8 Å². The number of nitriles is 1. The van der Waals surface area contributed by atoms with Crippen LogP contribution >= 0.6 is 34.8 Å². The number of amides is 1. The first-order chi connectivity index (χ1) is 10.8. The molecule has 0 saturated heterocycles. The van der Waals surface area contributed by atoms with E-state index in [1.165, 1.54) is 10.8 Å². The van der Waals surface area contributed by atoms with Crippen molar-refractivity contribution in [1.82, 2.24) is 9.78 Å². The minimum atomic E-state index is -0.823. The number of primary amides is 1. The molecule has 0 atom stereocenters. The van der Waals surface area contributed by atoms with Gasteiger partial charge in [0.25, 0.3) is 5.91 Å². The quantitative estimate of drug-likeness (QED) is 0.660. The van der Waals surface area contributed by atoms with E-state index in [1.54, 1.807) is 31.2 Å². The molecule has 1 heterocycles. The lowest BCUT2D eigenvalue weighted by molar-refractivity contribution is -0.114. The fourth-order valence-electron chi connectivity index (χ4n) is 1.95. The predicted molar refractivity (Wildman–Crippen MR) is 90.3 cm³/mol. The molecule has 1 aromatic carbocycles. The van der Waals surface area contributed by atoms with Gasteiger partial charge in [0.05, 0.1) is 12.2 Å². The number of carbonyl (C=O) groups excluding carboxylic acids is 1. The van der Waals surface area contributed by atoms with Gasteiger partial charge in [0.15, 0.2) is 0 Å². The van der Waals surface area contributed by atoms with Crippen LogP contribution in [0.1, 0.15) is 16.8 Å². The normalized spacial score (nSPS) is 11.3. The summed E-state index contributed by atoms with van der Waals surface area (Å²) in [5.41, 5.74) is 6.75. The topological polar surface area (TPSA) is 84.7 Å². The van der Waals surface area contributed by atoms with Gasteiger partial charge in [-0.25, -0.2) is 4.68 Å². The lowest BCUT2D eigenvalue weighted by atomic mass is 10.1. The smallest absolute Gasteiger partial charge is 0.259 e. The molecule has 0 spiro atoms. The number of carbonyl (C=O) groups is 1. The monoisotopic (exact) mass is 368 g/mol. The molecule has 5 nitrogen and oxygen atoms in total. The average Bonchev–Trinajstić information content (AvgIpc) is 2.74. The van der Waals surface area contributed by atoms with Gasteiger partial charge in [-0.15, -0.1) is 0 Å². The molecule has 1 aromatic heterocycles. The lowest BCUT2D eigenvalue weighted by Gasteiger charge is -2.06. The summed E-state index contributed by atoms with van der Waals surface area (Å²) in [6.45, 7) is 2.04. The van der Waals surface area contributed by atoms with E-state index in [9.17, 15) is 4.79 Å². The Morgan fingerprint density at radius 1 is 1.43 bits per heavy atom. The summed E-state index contributed by atoms with van der Waals surface area (Å²) in [5, 5.41) is 14.5. The molecule has 118 valence electrons. The van der Waals surface area contributed by atoms with Gasteiger partial charge in [0.2, 0.25) is 0 Å². The summed E-state index contributed by atoms with van der Waals surface area (Å²) in [7, 11) is 0. The van der Waals surface area contributed by atoms with E-state index >= 15 is 0 Å². The van der Waals surface area contributed by atoms with Crippen LogP contribution in [-0.2, 0) is 11.3 Å². The summed E-state index contributed by atoms with van der Waals surface area (Å²) < 4.78 is 1.52. The molecule has 0 aliphatic rings. The molecule has 0 unspecified atom stereocenters. The van der Waals surface area contributed by atoms with Crippen molar-refractivity contribution in [2.75, 3.05) is 0 Å². The number of hydrogen-bond acceptors (Lipinski definition) is 3. The fourth-order valence-corrected chi connectivity index (χ4v) is 2.71. The number of halogens is 3. The van der Waals surface area contributed by atoms with Gasteiger partial charge in [-0.2, -0.15) is 10.4 Å². The first-order valence-electron chi connectivity index (χ1n) is 6.42. The van der Waals surface area contributed by atoms with Crippen LogP contribution in [-0.4, -0.2) is 15.7 Å². The molecule has 0 saturated carbocycles. The molecule has 8 heteroatoms. The zero-order valence-electron chi connectivity index (χ0n) is 12.0. The third-order valence-corrected chi connectivity index (χ3v) is 4.10. The second-order valence-corrected chi connectivity index (χ2v) is 5.92. The van der Waals surface area contributed by atoms with E-state index in [2.05, 4.69) is 5.10 Å². The van der Waals surface area contributed by atoms with Crippen molar-refractivity contribution in [3.8, 4) is 6.07 Å². The number of nitrogens with zero attached hydrogens (tertiary/aromatic N) is 3. The van der Waals surface area contributed by atoms with Crippen molar-refractivity contribution in [3.05, 3.63) is 55.8 Å². The van der Waals surface area contributed by atoms with Crippen LogP contribution in [0.4, 0.5) is 0 Å². The zero-order chi connectivity index (χ0) is 17.1. The highest BCUT2D eigenvalue weighted by Crippen LogP contribution is 2.26.